The summed E-state index contributed by atoms with van der Waals surface area (Å²) in [6.45, 7) is 6.58. The summed E-state index contributed by atoms with van der Waals surface area (Å²) in [5.74, 6) is 2.80. The maximum Gasteiger partial charge on any atom is 0.101 e. The number of benzene rings is 1. The SMILES string of the molecule is CCSc1cccc(SCC(C)CC)c1C#N. The van der Waals surface area contributed by atoms with Gasteiger partial charge in [-0.25, -0.2) is 0 Å². The van der Waals surface area contributed by atoms with Gasteiger partial charge in [-0.15, -0.1) is 23.5 Å². The topological polar surface area (TPSA) is 23.8 Å². The molecule has 0 aromatic heterocycles. The summed E-state index contributed by atoms with van der Waals surface area (Å²) in [6.07, 6.45) is 1.19. The van der Waals surface area contributed by atoms with Crippen LogP contribution in [-0.2, 0) is 0 Å². The molecule has 0 fully saturated rings. The van der Waals surface area contributed by atoms with Crippen LogP contribution < -0.4 is 0 Å². The van der Waals surface area contributed by atoms with Crippen molar-refractivity contribution in [2.24, 2.45) is 5.92 Å². The molecule has 3 heteroatoms. The molecule has 1 rings (SSSR count). The van der Waals surface area contributed by atoms with Crippen molar-refractivity contribution < 1.29 is 0 Å². The lowest BCUT2D eigenvalue weighted by Crippen LogP contribution is -1.96. The van der Waals surface area contributed by atoms with Gasteiger partial charge in [-0.2, -0.15) is 5.26 Å². The number of nitriles is 1. The van der Waals surface area contributed by atoms with E-state index in [0.29, 0.717) is 5.92 Å². The van der Waals surface area contributed by atoms with Gasteiger partial charge in [-0.3, -0.25) is 0 Å². The average Bonchev–Trinajstić information content (AvgIpc) is 2.36. The lowest BCUT2D eigenvalue weighted by atomic mass is 10.2. The Labute approximate surface area is 113 Å². The number of thioether (sulfide) groups is 2. The molecule has 92 valence electrons. The fourth-order valence-corrected chi connectivity index (χ4v) is 3.39. The fraction of sp³-hybridized carbons (Fsp3) is 0.500. The zero-order valence-electron chi connectivity index (χ0n) is 10.7. The highest BCUT2D eigenvalue weighted by molar-refractivity contribution is 8.00. The number of rotatable bonds is 6. The second-order valence-electron chi connectivity index (χ2n) is 4.00. The molecule has 0 heterocycles. The minimum Gasteiger partial charge on any atom is -0.192 e. The van der Waals surface area contributed by atoms with E-state index in [1.807, 2.05) is 17.8 Å². The Bertz CT molecular complexity index is 396. The highest BCUT2D eigenvalue weighted by Crippen LogP contribution is 2.31. The van der Waals surface area contributed by atoms with E-state index in [1.54, 1.807) is 11.8 Å². The van der Waals surface area contributed by atoms with Crippen molar-refractivity contribution in [3.63, 3.8) is 0 Å². The second-order valence-corrected chi connectivity index (χ2v) is 6.37. The Balaban J connectivity index is 2.84. The van der Waals surface area contributed by atoms with Crippen molar-refractivity contribution in [2.45, 2.75) is 37.0 Å². The Hall–Kier alpha value is -0.590. The fourth-order valence-electron chi connectivity index (χ4n) is 1.37. The first-order valence-electron chi connectivity index (χ1n) is 6.01. The monoisotopic (exact) mass is 265 g/mol. The van der Waals surface area contributed by atoms with Crippen molar-refractivity contribution in [3.8, 4) is 6.07 Å². The first kappa shape index (κ1) is 14.5. The molecule has 0 radical (unpaired) electrons. The minimum atomic E-state index is 0.703. The van der Waals surface area contributed by atoms with Gasteiger partial charge < -0.3 is 0 Å². The quantitative estimate of drug-likeness (QED) is 0.690. The zero-order chi connectivity index (χ0) is 12.7. The third kappa shape index (κ3) is 4.29. The van der Waals surface area contributed by atoms with Crippen molar-refractivity contribution in [1.29, 1.82) is 5.26 Å². The van der Waals surface area contributed by atoms with Crippen LogP contribution in [0.15, 0.2) is 28.0 Å². The van der Waals surface area contributed by atoms with Crippen LogP contribution in [0, 0.1) is 17.2 Å². The van der Waals surface area contributed by atoms with Gasteiger partial charge in [0.2, 0.25) is 0 Å². The predicted octanol–water partition coefficient (Wildman–Crippen LogP) is 4.81. The highest BCUT2D eigenvalue weighted by Gasteiger charge is 2.09. The van der Waals surface area contributed by atoms with E-state index in [4.69, 9.17) is 0 Å². The van der Waals surface area contributed by atoms with Crippen LogP contribution in [0.2, 0.25) is 0 Å². The number of hydrogen-bond donors (Lipinski definition) is 0. The molecule has 0 aliphatic rings. The summed E-state index contributed by atoms with van der Waals surface area (Å²) >= 11 is 3.55. The second kappa shape index (κ2) is 7.68. The van der Waals surface area contributed by atoms with Crippen molar-refractivity contribution in [2.75, 3.05) is 11.5 Å². The van der Waals surface area contributed by atoms with Crippen LogP contribution in [-0.4, -0.2) is 11.5 Å². The van der Waals surface area contributed by atoms with Crippen LogP contribution in [0.3, 0.4) is 0 Å². The van der Waals surface area contributed by atoms with Crippen molar-refractivity contribution in [1.82, 2.24) is 0 Å². The number of hydrogen-bond acceptors (Lipinski definition) is 3. The Morgan fingerprint density at radius 2 is 1.88 bits per heavy atom. The molecular formula is C14H19NS2. The Morgan fingerprint density at radius 1 is 1.24 bits per heavy atom. The van der Waals surface area contributed by atoms with Crippen LogP contribution in [0.25, 0.3) is 0 Å². The Kier molecular flexibility index (Phi) is 6.54. The van der Waals surface area contributed by atoms with E-state index < -0.39 is 0 Å². The molecule has 0 amide bonds. The third-order valence-corrected chi connectivity index (χ3v) is 4.95. The van der Waals surface area contributed by atoms with Gasteiger partial charge in [0.1, 0.15) is 6.07 Å². The van der Waals surface area contributed by atoms with Gasteiger partial charge in [0, 0.05) is 15.5 Å². The van der Waals surface area contributed by atoms with E-state index in [9.17, 15) is 5.26 Å². The largest absolute Gasteiger partial charge is 0.192 e. The molecule has 0 aliphatic heterocycles. The van der Waals surface area contributed by atoms with Gasteiger partial charge in [0.25, 0.3) is 0 Å². The highest BCUT2D eigenvalue weighted by atomic mass is 32.2. The third-order valence-electron chi connectivity index (χ3n) is 2.62. The summed E-state index contributed by atoms with van der Waals surface area (Å²) in [5.41, 5.74) is 0.854. The molecule has 0 bridgehead atoms. The zero-order valence-corrected chi connectivity index (χ0v) is 12.3. The normalized spacial score (nSPS) is 12.1. The van der Waals surface area contributed by atoms with Gasteiger partial charge in [0.05, 0.1) is 5.56 Å². The van der Waals surface area contributed by atoms with E-state index in [1.165, 1.54) is 6.42 Å². The average molecular weight is 265 g/mol. The summed E-state index contributed by atoms with van der Waals surface area (Å²) in [7, 11) is 0. The first-order valence-corrected chi connectivity index (χ1v) is 7.98. The first-order chi connectivity index (χ1) is 8.22. The van der Waals surface area contributed by atoms with Gasteiger partial charge >= 0.3 is 0 Å². The van der Waals surface area contributed by atoms with E-state index >= 15 is 0 Å². The van der Waals surface area contributed by atoms with Gasteiger partial charge in [-0.1, -0.05) is 33.3 Å². The lowest BCUT2D eigenvalue weighted by molar-refractivity contribution is 0.637. The summed E-state index contributed by atoms with van der Waals surface area (Å²) in [5, 5.41) is 9.27. The van der Waals surface area contributed by atoms with Crippen LogP contribution in [0.5, 0.6) is 0 Å². The maximum atomic E-state index is 9.27. The molecule has 0 spiro atoms. The van der Waals surface area contributed by atoms with Crippen molar-refractivity contribution >= 4 is 23.5 Å². The van der Waals surface area contributed by atoms with Crippen molar-refractivity contribution in [3.05, 3.63) is 23.8 Å². The Morgan fingerprint density at radius 3 is 2.41 bits per heavy atom. The number of nitrogens with zero attached hydrogens (tertiary/aromatic N) is 1. The van der Waals surface area contributed by atoms with E-state index in [0.717, 1.165) is 26.9 Å². The molecular weight excluding hydrogens is 246 g/mol. The van der Waals surface area contributed by atoms with Gasteiger partial charge in [-0.05, 0) is 23.8 Å². The molecule has 0 N–H and O–H groups in total. The molecule has 1 nitrogen and oxygen atoms in total. The van der Waals surface area contributed by atoms with Crippen LogP contribution in [0.1, 0.15) is 32.8 Å². The lowest BCUT2D eigenvalue weighted by Gasteiger charge is -2.10. The standard InChI is InChI=1S/C14H19NS2/c1-4-11(3)10-17-14-8-6-7-13(16-5-2)12(14)9-15/h6-8,11H,4-5,10H2,1-3H3. The van der Waals surface area contributed by atoms with Crippen LogP contribution >= 0.6 is 23.5 Å². The molecule has 0 saturated carbocycles. The summed E-state index contributed by atoms with van der Waals surface area (Å²) < 4.78 is 0. The molecule has 1 unspecified atom stereocenters. The molecule has 1 atom stereocenters. The van der Waals surface area contributed by atoms with E-state index in [2.05, 4.69) is 39.0 Å². The molecule has 17 heavy (non-hydrogen) atoms. The molecule has 0 aliphatic carbocycles. The maximum absolute atomic E-state index is 9.27. The molecule has 1 aromatic carbocycles. The van der Waals surface area contributed by atoms with Gasteiger partial charge in [0.15, 0.2) is 0 Å². The summed E-state index contributed by atoms with van der Waals surface area (Å²) in [4.78, 5) is 2.25. The van der Waals surface area contributed by atoms with Crippen LogP contribution in [0.4, 0.5) is 0 Å². The molecule has 1 aromatic rings. The smallest absolute Gasteiger partial charge is 0.101 e. The summed E-state index contributed by atoms with van der Waals surface area (Å²) in [6, 6.07) is 8.50. The molecule has 0 saturated heterocycles. The minimum absolute atomic E-state index is 0.703. The predicted molar refractivity (Wildman–Crippen MR) is 77.7 cm³/mol. The van der Waals surface area contributed by atoms with E-state index in [-0.39, 0.29) is 0 Å².